The van der Waals surface area contributed by atoms with Gasteiger partial charge < -0.3 is 24.3 Å². The van der Waals surface area contributed by atoms with Gasteiger partial charge >= 0.3 is 11.9 Å². The second kappa shape index (κ2) is 7.32. The lowest BCUT2D eigenvalue weighted by molar-refractivity contribution is -0.229. The van der Waals surface area contributed by atoms with E-state index in [0.717, 1.165) is 22.6 Å². The number of carbonyl (C=O) groups excluding carboxylic acids is 2. The number of para-hydroxylation sites is 2. The highest BCUT2D eigenvalue weighted by molar-refractivity contribution is 5.67. The highest BCUT2D eigenvalue weighted by Gasteiger charge is 2.57. The van der Waals surface area contributed by atoms with E-state index >= 15 is 0 Å². The third-order valence-corrected chi connectivity index (χ3v) is 5.97. The molecule has 3 aliphatic rings. The van der Waals surface area contributed by atoms with Gasteiger partial charge in [-0.2, -0.15) is 0 Å². The molecule has 0 bridgehead atoms. The quantitative estimate of drug-likeness (QED) is 0.780. The van der Waals surface area contributed by atoms with E-state index < -0.39 is 30.3 Å². The first-order chi connectivity index (χ1) is 14.5. The zero-order chi connectivity index (χ0) is 20.8. The molecule has 156 valence electrons. The molecule has 0 radical (unpaired) electrons. The van der Waals surface area contributed by atoms with Gasteiger partial charge in [-0.25, -0.2) is 0 Å². The van der Waals surface area contributed by atoms with E-state index in [1.54, 1.807) is 0 Å². The Kier molecular flexibility index (Phi) is 4.62. The van der Waals surface area contributed by atoms with Gasteiger partial charge in [-0.1, -0.05) is 36.4 Å². The van der Waals surface area contributed by atoms with E-state index in [2.05, 4.69) is 5.32 Å². The van der Waals surface area contributed by atoms with Gasteiger partial charge in [-0.05, 0) is 12.1 Å². The molecule has 0 unspecified atom stereocenters. The zero-order valence-electron chi connectivity index (χ0n) is 16.7. The summed E-state index contributed by atoms with van der Waals surface area (Å²) in [5, 5.41) is 3.64. The molecule has 0 spiro atoms. The Hall–Kier alpha value is -3.06. The van der Waals surface area contributed by atoms with Gasteiger partial charge in [0, 0.05) is 30.7 Å². The summed E-state index contributed by atoms with van der Waals surface area (Å²) >= 11 is 0. The van der Waals surface area contributed by atoms with Crippen molar-refractivity contribution in [1.82, 2.24) is 0 Å². The second-order valence-electron chi connectivity index (χ2n) is 7.88. The summed E-state index contributed by atoms with van der Waals surface area (Å²) in [7, 11) is 0. The number of rotatable bonds is 3. The Bertz CT molecular complexity index is 991. The maximum Gasteiger partial charge on any atom is 0.303 e. The van der Waals surface area contributed by atoms with Crippen LogP contribution in [0.3, 0.4) is 0 Å². The highest BCUT2D eigenvalue weighted by Crippen LogP contribution is 2.55. The number of esters is 2. The maximum atomic E-state index is 11.9. The third kappa shape index (κ3) is 3.10. The largest absolute Gasteiger partial charge is 0.486 e. The predicted octanol–water partition coefficient (Wildman–Crippen LogP) is 3.17. The molecule has 7 heteroatoms. The van der Waals surface area contributed by atoms with Crippen molar-refractivity contribution in [2.75, 3.05) is 11.9 Å². The van der Waals surface area contributed by atoms with Crippen LogP contribution in [0.4, 0.5) is 5.69 Å². The minimum Gasteiger partial charge on any atom is -0.486 e. The molecule has 1 fully saturated rings. The minimum absolute atomic E-state index is 0.0156. The normalized spacial score (nSPS) is 30.5. The Balaban J connectivity index is 1.61. The van der Waals surface area contributed by atoms with E-state index in [-0.39, 0.29) is 24.7 Å². The van der Waals surface area contributed by atoms with Gasteiger partial charge in [-0.3, -0.25) is 9.59 Å². The second-order valence-corrected chi connectivity index (χ2v) is 7.88. The van der Waals surface area contributed by atoms with Crippen molar-refractivity contribution < 1.29 is 28.5 Å². The summed E-state index contributed by atoms with van der Waals surface area (Å²) in [6.07, 6.45) is -2.08. The van der Waals surface area contributed by atoms with Crippen molar-refractivity contribution >= 4 is 17.6 Å². The average Bonchev–Trinajstić information content (AvgIpc) is 2.73. The van der Waals surface area contributed by atoms with Crippen LogP contribution in [0.25, 0.3) is 0 Å². The van der Waals surface area contributed by atoms with Gasteiger partial charge in [0.2, 0.25) is 0 Å². The average molecular weight is 409 g/mol. The monoisotopic (exact) mass is 409 g/mol. The lowest BCUT2D eigenvalue weighted by Crippen LogP contribution is -2.61. The summed E-state index contributed by atoms with van der Waals surface area (Å²) in [6, 6.07) is 15.8. The van der Waals surface area contributed by atoms with Crippen LogP contribution >= 0.6 is 0 Å². The van der Waals surface area contributed by atoms with Crippen molar-refractivity contribution in [3.8, 4) is 5.75 Å². The summed E-state index contributed by atoms with van der Waals surface area (Å²) in [5.41, 5.74) is 3.05. The molecule has 0 amide bonds. The standard InChI is InChI=1S/C23H23NO6/c1-12(25)27-11-18-22(28-13(2)26)23-19-20(15-8-4-6-10-17(15)29-23)24-16-9-5-3-7-14(16)21(19)30-18/h3-10,18-24H,11H2,1-2H3/t18-,19+,20-,21-,22-,23-/m1/s1. The SMILES string of the molecule is CC(=O)OC[C@H]1O[C@@H]2c3ccccc3N[C@@H]3c4ccccc4O[C@@H]([C@@H]1OC(C)=O)[C@@H]32. The minimum atomic E-state index is -0.703. The molecule has 3 aliphatic heterocycles. The molecular weight excluding hydrogens is 386 g/mol. The van der Waals surface area contributed by atoms with Crippen LogP contribution in [-0.2, 0) is 23.8 Å². The number of benzene rings is 2. The van der Waals surface area contributed by atoms with Gasteiger partial charge in [-0.15, -0.1) is 0 Å². The highest BCUT2D eigenvalue weighted by atomic mass is 16.6. The summed E-state index contributed by atoms with van der Waals surface area (Å²) in [4.78, 5) is 23.4. The van der Waals surface area contributed by atoms with Crippen LogP contribution in [0.2, 0.25) is 0 Å². The number of anilines is 1. The van der Waals surface area contributed by atoms with Gasteiger partial charge in [0.25, 0.3) is 0 Å². The molecule has 6 atom stereocenters. The number of carbonyl (C=O) groups is 2. The van der Waals surface area contributed by atoms with Crippen LogP contribution in [-0.4, -0.2) is 36.9 Å². The fraction of sp³-hybridized carbons (Fsp3) is 0.391. The van der Waals surface area contributed by atoms with Crippen molar-refractivity contribution in [3.63, 3.8) is 0 Å². The summed E-state index contributed by atoms with van der Waals surface area (Å²) in [5.74, 6) is -0.216. The van der Waals surface area contributed by atoms with E-state index in [1.807, 2.05) is 48.5 Å². The third-order valence-electron chi connectivity index (χ3n) is 5.97. The first-order valence-corrected chi connectivity index (χ1v) is 10.1. The molecule has 3 heterocycles. The molecule has 7 nitrogen and oxygen atoms in total. The van der Waals surface area contributed by atoms with Gasteiger partial charge in [0.15, 0.2) is 6.10 Å². The molecule has 0 aliphatic carbocycles. The van der Waals surface area contributed by atoms with Crippen LogP contribution in [0.5, 0.6) is 5.75 Å². The molecular formula is C23H23NO6. The van der Waals surface area contributed by atoms with Crippen molar-refractivity contribution in [1.29, 1.82) is 0 Å². The molecule has 1 saturated heterocycles. The Morgan fingerprint density at radius 2 is 1.73 bits per heavy atom. The predicted molar refractivity (Wildman–Crippen MR) is 107 cm³/mol. The molecule has 2 aromatic carbocycles. The van der Waals surface area contributed by atoms with Crippen LogP contribution in [0.1, 0.15) is 37.1 Å². The summed E-state index contributed by atoms with van der Waals surface area (Å²) < 4.78 is 23.8. The number of fused-ring (bicyclic) bond motifs is 4. The van der Waals surface area contributed by atoms with Crippen LogP contribution < -0.4 is 10.1 Å². The fourth-order valence-electron chi connectivity index (χ4n) is 4.84. The molecule has 2 aromatic rings. The number of hydrogen-bond acceptors (Lipinski definition) is 7. The van der Waals surface area contributed by atoms with E-state index in [1.165, 1.54) is 13.8 Å². The molecule has 5 rings (SSSR count). The van der Waals surface area contributed by atoms with Crippen LogP contribution in [0.15, 0.2) is 48.5 Å². The molecule has 0 aromatic heterocycles. The molecule has 0 saturated carbocycles. The molecule has 1 N–H and O–H groups in total. The number of hydrogen-bond donors (Lipinski definition) is 1. The number of ether oxygens (including phenoxy) is 4. The Labute approximate surface area is 174 Å². The Morgan fingerprint density at radius 3 is 2.50 bits per heavy atom. The lowest BCUT2D eigenvalue weighted by Gasteiger charge is -2.53. The fourth-order valence-corrected chi connectivity index (χ4v) is 4.84. The van der Waals surface area contributed by atoms with Gasteiger partial charge in [0.1, 0.15) is 24.6 Å². The van der Waals surface area contributed by atoms with Crippen LogP contribution in [0, 0.1) is 5.92 Å². The zero-order valence-corrected chi connectivity index (χ0v) is 16.7. The number of nitrogens with one attached hydrogen (secondary N) is 1. The van der Waals surface area contributed by atoms with Crippen molar-refractivity contribution in [3.05, 3.63) is 59.7 Å². The first-order valence-electron chi connectivity index (χ1n) is 10.1. The first kappa shape index (κ1) is 18.9. The van der Waals surface area contributed by atoms with Crippen molar-refractivity contribution in [2.45, 2.75) is 44.3 Å². The topological polar surface area (TPSA) is 83.1 Å². The van der Waals surface area contributed by atoms with Crippen molar-refractivity contribution in [2.24, 2.45) is 5.92 Å². The van der Waals surface area contributed by atoms with E-state index in [4.69, 9.17) is 18.9 Å². The maximum absolute atomic E-state index is 11.9. The Morgan fingerprint density at radius 1 is 1.00 bits per heavy atom. The van der Waals surface area contributed by atoms with E-state index in [9.17, 15) is 9.59 Å². The smallest absolute Gasteiger partial charge is 0.303 e. The van der Waals surface area contributed by atoms with Gasteiger partial charge in [0.05, 0.1) is 18.1 Å². The van der Waals surface area contributed by atoms with E-state index in [0.29, 0.717) is 0 Å². The molecule has 30 heavy (non-hydrogen) atoms. The summed E-state index contributed by atoms with van der Waals surface area (Å²) in [6.45, 7) is 2.69. The lowest BCUT2D eigenvalue weighted by atomic mass is 9.72.